The average Bonchev–Trinajstić information content (AvgIpc) is 2.91. The zero-order valence-corrected chi connectivity index (χ0v) is 33.2. The van der Waals surface area contributed by atoms with E-state index in [1.165, 1.54) is 5.56 Å². The van der Waals surface area contributed by atoms with E-state index >= 15 is 0 Å². The predicted octanol–water partition coefficient (Wildman–Crippen LogP) is 10.5. The van der Waals surface area contributed by atoms with Gasteiger partial charge < -0.3 is 24.0 Å². The molecule has 2 aromatic rings. The van der Waals surface area contributed by atoms with Crippen molar-refractivity contribution < 1.29 is 28.3 Å². The zero-order chi connectivity index (χ0) is 35.6. The molecular formula is C38H61NO6Si2. The molecule has 3 rings (SSSR count). The summed E-state index contributed by atoms with van der Waals surface area (Å²) < 4.78 is 19.2. The second-order valence-electron chi connectivity index (χ2n) is 17.4. The first-order valence-electron chi connectivity index (χ1n) is 17.2. The van der Waals surface area contributed by atoms with E-state index < -0.39 is 46.3 Å². The number of benzene rings is 2. The smallest absolute Gasteiger partial charge is 0.408 e. The maximum Gasteiger partial charge on any atom is 0.408 e. The highest BCUT2D eigenvalue weighted by molar-refractivity contribution is 6.75. The lowest BCUT2D eigenvalue weighted by Gasteiger charge is -2.40. The molecule has 1 aliphatic carbocycles. The van der Waals surface area contributed by atoms with Crippen LogP contribution in [-0.4, -0.2) is 45.4 Å². The summed E-state index contributed by atoms with van der Waals surface area (Å²) in [5.41, 5.74) is 1.38. The van der Waals surface area contributed by atoms with Gasteiger partial charge in [-0.3, -0.25) is 0 Å². The summed E-state index contributed by atoms with van der Waals surface area (Å²) in [6.45, 7) is 27.9. The van der Waals surface area contributed by atoms with E-state index in [9.17, 15) is 14.7 Å². The van der Waals surface area contributed by atoms with Crippen LogP contribution in [0.2, 0.25) is 36.3 Å². The maximum atomic E-state index is 12.8. The number of amides is 1. The zero-order valence-electron chi connectivity index (χ0n) is 31.2. The molecule has 262 valence electrons. The Hall–Kier alpha value is -2.79. The Morgan fingerprint density at radius 1 is 0.787 bits per heavy atom. The number of carbonyl (C=O) groups excluding carboxylic acids is 1. The first-order valence-corrected chi connectivity index (χ1v) is 23.0. The minimum atomic E-state index is -2.16. The molecule has 7 nitrogen and oxygen atoms in total. The van der Waals surface area contributed by atoms with Gasteiger partial charge in [0, 0.05) is 12.0 Å². The third-order valence-electron chi connectivity index (χ3n) is 10.5. The molecule has 0 aromatic heterocycles. The number of carbonyl (C=O) groups is 2. The summed E-state index contributed by atoms with van der Waals surface area (Å²) in [4.78, 5) is 25.5. The van der Waals surface area contributed by atoms with Crippen molar-refractivity contribution in [3.05, 3.63) is 59.7 Å². The lowest BCUT2D eigenvalue weighted by molar-refractivity contribution is -0.140. The number of carboxylic acid groups (broad SMARTS) is 1. The molecule has 0 radical (unpaired) electrons. The van der Waals surface area contributed by atoms with Gasteiger partial charge in [-0.2, -0.15) is 0 Å². The molecule has 1 fully saturated rings. The molecule has 1 unspecified atom stereocenters. The Kier molecular flexibility index (Phi) is 11.8. The van der Waals surface area contributed by atoms with E-state index in [1.54, 1.807) is 20.8 Å². The maximum absolute atomic E-state index is 12.8. The summed E-state index contributed by atoms with van der Waals surface area (Å²) in [5, 5.41) is 13.2. The summed E-state index contributed by atoms with van der Waals surface area (Å²) in [5.74, 6) is 0.664. The molecule has 1 amide bonds. The number of rotatable bonds is 10. The Balaban J connectivity index is 1.94. The van der Waals surface area contributed by atoms with E-state index in [4.69, 9.17) is 13.6 Å². The third kappa shape index (κ3) is 10.1. The molecule has 0 saturated heterocycles. The van der Waals surface area contributed by atoms with Gasteiger partial charge in [-0.1, -0.05) is 77.9 Å². The first-order chi connectivity index (χ1) is 21.4. The summed E-state index contributed by atoms with van der Waals surface area (Å²) in [6.07, 6.45) is 2.72. The molecule has 0 heterocycles. The quantitative estimate of drug-likeness (QED) is 0.242. The van der Waals surface area contributed by atoms with Crippen LogP contribution in [-0.2, 0) is 9.53 Å². The molecule has 2 atom stereocenters. The van der Waals surface area contributed by atoms with E-state index in [0.717, 1.165) is 42.7 Å². The number of nitrogens with one attached hydrogen (secondary N) is 1. The molecule has 2 N–H and O–H groups in total. The minimum absolute atomic E-state index is 0.0358. The molecule has 0 bridgehead atoms. The lowest BCUT2D eigenvalue weighted by Crippen LogP contribution is -2.49. The molecule has 0 spiro atoms. The van der Waals surface area contributed by atoms with Crippen LogP contribution in [0.4, 0.5) is 4.79 Å². The van der Waals surface area contributed by atoms with Crippen molar-refractivity contribution in [1.82, 2.24) is 5.32 Å². The van der Waals surface area contributed by atoms with Gasteiger partial charge in [-0.05, 0) is 112 Å². The summed E-state index contributed by atoms with van der Waals surface area (Å²) in [7, 11) is -4.21. The van der Waals surface area contributed by atoms with Gasteiger partial charge >= 0.3 is 12.1 Å². The van der Waals surface area contributed by atoms with Gasteiger partial charge in [-0.15, -0.1) is 0 Å². The molecule has 1 saturated carbocycles. The van der Waals surface area contributed by atoms with Gasteiger partial charge in [0.15, 0.2) is 0 Å². The molecule has 0 aliphatic heterocycles. The van der Waals surface area contributed by atoms with Crippen molar-refractivity contribution in [1.29, 1.82) is 0 Å². The molecule has 1 aliphatic rings. The number of ether oxygens (including phenoxy) is 1. The number of carboxylic acids is 1. The van der Waals surface area contributed by atoms with E-state index in [2.05, 4.69) is 91.2 Å². The molecule has 2 aromatic carbocycles. The monoisotopic (exact) mass is 683 g/mol. The highest BCUT2D eigenvalue weighted by atomic mass is 28.4. The van der Waals surface area contributed by atoms with Crippen molar-refractivity contribution in [2.45, 2.75) is 148 Å². The molecule has 9 heteroatoms. The van der Waals surface area contributed by atoms with Crippen molar-refractivity contribution in [3.8, 4) is 11.5 Å². The van der Waals surface area contributed by atoms with Crippen molar-refractivity contribution in [3.63, 3.8) is 0 Å². The molecule has 47 heavy (non-hydrogen) atoms. The topological polar surface area (TPSA) is 94.1 Å². The fourth-order valence-electron chi connectivity index (χ4n) is 5.82. The SMILES string of the molecule is CC(C)(C)OC(=O)N[C@@H](C(=O)O)C(c1ccccc1)C1CCC(c2ccc(O[Si](C)(C)C(C)(C)C)cc2O[Si](C)(C)C(C)(C)C)CC1. The van der Waals surface area contributed by atoms with Crippen LogP contribution in [0.5, 0.6) is 11.5 Å². The number of aliphatic carboxylic acids is 1. The van der Waals surface area contributed by atoms with Gasteiger partial charge in [0.2, 0.25) is 16.6 Å². The van der Waals surface area contributed by atoms with E-state index in [1.807, 2.05) is 30.3 Å². The van der Waals surface area contributed by atoms with E-state index in [-0.39, 0.29) is 21.9 Å². The van der Waals surface area contributed by atoms with Crippen molar-refractivity contribution in [2.24, 2.45) is 5.92 Å². The fraction of sp³-hybridized carbons (Fsp3) is 0.632. The molecular weight excluding hydrogens is 623 g/mol. The van der Waals surface area contributed by atoms with Gasteiger partial charge in [0.1, 0.15) is 23.1 Å². The number of alkyl carbamates (subject to hydrolysis) is 1. The Bertz CT molecular complexity index is 1360. The third-order valence-corrected chi connectivity index (χ3v) is 19.2. The average molecular weight is 684 g/mol. The van der Waals surface area contributed by atoms with Gasteiger partial charge in [0.25, 0.3) is 0 Å². The number of hydrogen-bond donors (Lipinski definition) is 2. The minimum Gasteiger partial charge on any atom is -0.543 e. The highest BCUT2D eigenvalue weighted by Gasteiger charge is 2.43. The Morgan fingerprint density at radius 2 is 1.32 bits per heavy atom. The van der Waals surface area contributed by atoms with Crippen LogP contribution in [0.15, 0.2) is 48.5 Å². The van der Waals surface area contributed by atoms with Gasteiger partial charge in [0.05, 0.1) is 0 Å². The van der Waals surface area contributed by atoms with Crippen LogP contribution in [0.25, 0.3) is 0 Å². The van der Waals surface area contributed by atoms with Crippen molar-refractivity contribution >= 4 is 28.7 Å². The standard InChI is InChI=1S/C38H61NO6Si2/c1-36(2,3)43-35(42)39-33(34(40)41)32(27-17-15-14-16-18-27)28-21-19-26(20-22-28)30-24-23-29(44-46(10,11)37(4,5)6)25-31(30)45-47(12,13)38(7,8)9/h14-18,23-26,28,32-33H,19-22H2,1-13H3,(H,39,42)(H,40,41)/t26?,28?,32?,33-/m1/s1. The normalized spacial score (nSPS) is 19.3. The first kappa shape index (κ1) is 38.7. The second-order valence-corrected chi connectivity index (χ2v) is 26.9. The summed E-state index contributed by atoms with van der Waals surface area (Å²) in [6, 6.07) is 15.0. The highest BCUT2D eigenvalue weighted by Crippen LogP contribution is 2.48. The predicted molar refractivity (Wildman–Crippen MR) is 197 cm³/mol. The van der Waals surface area contributed by atoms with Gasteiger partial charge in [-0.25, -0.2) is 9.59 Å². The fourth-order valence-corrected chi connectivity index (χ4v) is 7.88. The number of hydrogen-bond acceptors (Lipinski definition) is 5. The van der Waals surface area contributed by atoms with Crippen LogP contribution >= 0.6 is 0 Å². The van der Waals surface area contributed by atoms with Crippen molar-refractivity contribution in [2.75, 3.05) is 0 Å². The van der Waals surface area contributed by atoms with Crippen LogP contribution in [0, 0.1) is 5.92 Å². The Morgan fingerprint density at radius 3 is 1.81 bits per heavy atom. The Labute approximate surface area is 286 Å². The van der Waals surface area contributed by atoms with E-state index in [0.29, 0.717) is 0 Å². The second kappa shape index (κ2) is 14.4. The van der Waals surface area contributed by atoms with Crippen LogP contribution in [0.1, 0.15) is 111 Å². The largest absolute Gasteiger partial charge is 0.543 e. The van der Waals surface area contributed by atoms with Crippen LogP contribution < -0.4 is 14.2 Å². The van der Waals surface area contributed by atoms with Crippen LogP contribution in [0.3, 0.4) is 0 Å². The lowest BCUT2D eigenvalue weighted by atomic mass is 9.69. The summed E-state index contributed by atoms with van der Waals surface area (Å²) >= 11 is 0.